The van der Waals surface area contributed by atoms with E-state index >= 15 is 0 Å². The van der Waals surface area contributed by atoms with E-state index in [1.165, 1.54) is 17.5 Å². The molecule has 3 aromatic rings. The number of hydrogen-bond acceptors (Lipinski definition) is 5. The number of nitrogens with one attached hydrogen (secondary N) is 1. The largest absolute Gasteiger partial charge is 0.305 e. The lowest BCUT2D eigenvalue weighted by Crippen LogP contribution is -2.25. The summed E-state index contributed by atoms with van der Waals surface area (Å²) in [6.07, 6.45) is 0. The van der Waals surface area contributed by atoms with Gasteiger partial charge < -0.3 is 4.31 Å². The van der Waals surface area contributed by atoms with Crippen LogP contribution in [0.2, 0.25) is 0 Å². The average Bonchev–Trinajstić information content (AvgIpc) is 2.69. The molecular weight excluding hydrogens is 370 g/mol. The Hall–Kier alpha value is -2.83. The molecule has 1 heterocycles. The van der Waals surface area contributed by atoms with Gasteiger partial charge in [-0.25, -0.2) is 5.48 Å². The van der Waals surface area contributed by atoms with Crippen molar-refractivity contribution in [1.82, 2.24) is 10.5 Å². The highest BCUT2D eigenvalue weighted by atomic mass is 32.2. The zero-order valence-corrected chi connectivity index (χ0v) is 17.0. The van der Waals surface area contributed by atoms with Crippen molar-refractivity contribution in [3.63, 3.8) is 0 Å². The van der Waals surface area contributed by atoms with Gasteiger partial charge in [0.15, 0.2) is 0 Å². The molecule has 2 N–H and O–H groups in total. The van der Waals surface area contributed by atoms with Crippen molar-refractivity contribution in [3.8, 4) is 0 Å². The van der Waals surface area contributed by atoms with E-state index < -0.39 is 5.91 Å². The van der Waals surface area contributed by atoms with Gasteiger partial charge in [-0.05, 0) is 56.5 Å². The van der Waals surface area contributed by atoms with Crippen LogP contribution in [0.15, 0.2) is 65.6 Å². The van der Waals surface area contributed by atoms with Crippen LogP contribution in [0.1, 0.15) is 32.9 Å². The summed E-state index contributed by atoms with van der Waals surface area (Å²) in [4.78, 5) is 18.0. The van der Waals surface area contributed by atoms with Crippen molar-refractivity contribution in [2.75, 3.05) is 4.31 Å². The molecule has 0 aliphatic heterocycles. The molecule has 0 spiro atoms. The first kappa shape index (κ1) is 19.9. The minimum atomic E-state index is -0.550. The topological polar surface area (TPSA) is 65.5 Å². The van der Waals surface area contributed by atoms with Crippen LogP contribution in [0.4, 0.5) is 5.69 Å². The normalized spacial score (nSPS) is 10.6. The second kappa shape index (κ2) is 8.91. The van der Waals surface area contributed by atoms with Gasteiger partial charge >= 0.3 is 0 Å². The summed E-state index contributed by atoms with van der Waals surface area (Å²) in [6.45, 7) is 6.34. The molecule has 5 nitrogen and oxygen atoms in total. The van der Waals surface area contributed by atoms with Gasteiger partial charge in [0, 0.05) is 10.6 Å². The van der Waals surface area contributed by atoms with Crippen LogP contribution in [-0.4, -0.2) is 16.1 Å². The number of hydroxylamine groups is 1. The molecule has 2 aromatic carbocycles. The fourth-order valence-electron chi connectivity index (χ4n) is 3.00. The highest BCUT2D eigenvalue weighted by Crippen LogP contribution is 2.35. The Balaban J connectivity index is 2.07. The van der Waals surface area contributed by atoms with Crippen molar-refractivity contribution >= 4 is 23.5 Å². The summed E-state index contributed by atoms with van der Waals surface area (Å²) in [5.74, 6) is -0.550. The van der Waals surface area contributed by atoms with E-state index in [0.717, 1.165) is 21.8 Å². The maximum atomic E-state index is 12.4. The van der Waals surface area contributed by atoms with Crippen LogP contribution in [0.3, 0.4) is 0 Å². The molecule has 0 unspecified atom stereocenters. The first-order valence-corrected chi connectivity index (χ1v) is 9.74. The fraction of sp³-hybridized carbons (Fsp3) is 0.182. The van der Waals surface area contributed by atoms with Crippen molar-refractivity contribution in [2.24, 2.45) is 0 Å². The molecule has 0 radical (unpaired) electrons. The van der Waals surface area contributed by atoms with Crippen molar-refractivity contribution < 1.29 is 10.0 Å². The molecule has 6 heteroatoms. The zero-order valence-electron chi connectivity index (χ0n) is 16.1. The summed E-state index contributed by atoms with van der Waals surface area (Å²) in [5, 5.41) is 9.24. The van der Waals surface area contributed by atoms with Gasteiger partial charge in [-0.2, -0.15) is 0 Å². The van der Waals surface area contributed by atoms with Gasteiger partial charge in [0.05, 0.1) is 23.5 Å². The summed E-state index contributed by atoms with van der Waals surface area (Å²) in [6, 6.07) is 20.0. The Labute approximate surface area is 169 Å². The summed E-state index contributed by atoms with van der Waals surface area (Å²) in [7, 11) is 0. The quantitative estimate of drug-likeness (QED) is 0.356. The van der Waals surface area contributed by atoms with Crippen LogP contribution in [0.25, 0.3) is 0 Å². The number of benzene rings is 2. The molecular formula is C22H23N3O2S. The highest BCUT2D eigenvalue weighted by molar-refractivity contribution is 8.00. The van der Waals surface area contributed by atoms with E-state index in [9.17, 15) is 10.0 Å². The lowest BCUT2D eigenvalue weighted by Gasteiger charge is -2.27. The van der Waals surface area contributed by atoms with Gasteiger partial charge in [0.2, 0.25) is 0 Å². The molecule has 0 aliphatic carbocycles. The standard InChI is InChI=1S/C22H23N3O2S/c1-15-9-11-19(12-10-15)28-25(14-18-7-5-4-6-8-18)21-17(3)23-16(2)13-20(21)22(26)24-27/h4-13,27H,14H2,1-3H3,(H,24,26). The molecule has 1 aromatic heterocycles. The zero-order chi connectivity index (χ0) is 20.1. The molecule has 1 amide bonds. The molecule has 0 aliphatic rings. The van der Waals surface area contributed by atoms with E-state index in [1.54, 1.807) is 11.5 Å². The molecule has 28 heavy (non-hydrogen) atoms. The number of aromatic nitrogens is 1. The summed E-state index contributed by atoms with van der Waals surface area (Å²) in [5.41, 5.74) is 6.59. The Morgan fingerprint density at radius 3 is 2.39 bits per heavy atom. The van der Waals surface area contributed by atoms with E-state index in [2.05, 4.69) is 29.2 Å². The van der Waals surface area contributed by atoms with Gasteiger partial charge in [-0.15, -0.1) is 0 Å². The maximum absolute atomic E-state index is 12.4. The summed E-state index contributed by atoms with van der Waals surface area (Å²) < 4.78 is 2.05. The van der Waals surface area contributed by atoms with Crippen molar-refractivity contribution in [2.45, 2.75) is 32.2 Å². The van der Waals surface area contributed by atoms with Crippen LogP contribution >= 0.6 is 11.9 Å². The monoisotopic (exact) mass is 393 g/mol. The number of anilines is 1. The van der Waals surface area contributed by atoms with Crippen molar-refractivity contribution in [3.05, 3.63) is 88.7 Å². The lowest BCUT2D eigenvalue weighted by atomic mass is 10.1. The molecule has 144 valence electrons. The van der Waals surface area contributed by atoms with E-state index in [1.807, 2.05) is 55.4 Å². The molecule has 0 bridgehead atoms. The maximum Gasteiger partial charge on any atom is 0.276 e. The highest BCUT2D eigenvalue weighted by Gasteiger charge is 2.22. The number of carbonyl (C=O) groups excluding carboxylic acids is 1. The SMILES string of the molecule is Cc1ccc(SN(Cc2ccccc2)c2c(C(=O)NO)cc(C)nc2C)cc1. The second-order valence-electron chi connectivity index (χ2n) is 6.61. The fourth-order valence-corrected chi connectivity index (χ4v) is 4.05. The third-order valence-electron chi connectivity index (χ3n) is 4.30. The Kier molecular flexibility index (Phi) is 6.34. The van der Waals surface area contributed by atoms with Crippen LogP contribution in [0, 0.1) is 20.8 Å². The van der Waals surface area contributed by atoms with Gasteiger partial charge in [0.1, 0.15) is 0 Å². The Morgan fingerprint density at radius 1 is 1.07 bits per heavy atom. The first-order chi connectivity index (χ1) is 13.5. The van der Waals surface area contributed by atoms with Gasteiger partial charge in [0.25, 0.3) is 5.91 Å². The van der Waals surface area contributed by atoms with E-state index in [4.69, 9.17) is 0 Å². The van der Waals surface area contributed by atoms with Gasteiger partial charge in [-0.1, -0.05) is 48.0 Å². The number of aryl methyl sites for hydroxylation is 3. The Morgan fingerprint density at radius 2 is 1.75 bits per heavy atom. The molecule has 0 saturated carbocycles. The summed E-state index contributed by atoms with van der Waals surface area (Å²) >= 11 is 1.54. The van der Waals surface area contributed by atoms with Crippen molar-refractivity contribution in [1.29, 1.82) is 0 Å². The number of nitrogens with zero attached hydrogens (tertiary/aromatic N) is 2. The predicted octanol–water partition coefficient (Wildman–Crippen LogP) is 4.84. The number of hydrogen-bond donors (Lipinski definition) is 2. The van der Waals surface area contributed by atoms with Crippen LogP contribution in [-0.2, 0) is 6.54 Å². The third kappa shape index (κ3) is 4.71. The predicted molar refractivity (Wildman–Crippen MR) is 113 cm³/mol. The average molecular weight is 394 g/mol. The Bertz CT molecular complexity index is 960. The van der Waals surface area contributed by atoms with Crippen LogP contribution < -0.4 is 9.79 Å². The molecule has 0 saturated heterocycles. The minimum Gasteiger partial charge on any atom is -0.305 e. The number of carbonyl (C=O) groups is 1. The third-order valence-corrected chi connectivity index (χ3v) is 5.31. The minimum absolute atomic E-state index is 0.392. The first-order valence-electron chi connectivity index (χ1n) is 8.96. The smallest absolute Gasteiger partial charge is 0.276 e. The lowest BCUT2D eigenvalue weighted by molar-refractivity contribution is 0.0707. The van der Waals surface area contributed by atoms with Crippen LogP contribution in [0.5, 0.6) is 0 Å². The van der Waals surface area contributed by atoms with E-state index in [0.29, 0.717) is 17.8 Å². The number of pyridine rings is 1. The molecule has 3 rings (SSSR count). The molecule has 0 atom stereocenters. The number of amides is 1. The second-order valence-corrected chi connectivity index (χ2v) is 7.71. The van der Waals surface area contributed by atoms with Gasteiger partial charge in [-0.3, -0.25) is 15.0 Å². The molecule has 0 fully saturated rings. The van der Waals surface area contributed by atoms with E-state index in [-0.39, 0.29) is 0 Å². The number of rotatable bonds is 6.